The summed E-state index contributed by atoms with van der Waals surface area (Å²) in [7, 11) is 0. The van der Waals surface area contributed by atoms with Crippen LogP contribution in [0.3, 0.4) is 0 Å². The second kappa shape index (κ2) is 3.76. The highest BCUT2D eigenvalue weighted by atomic mass is 16.1. The number of nitriles is 3. The van der Waals surface area contributed by atoms with Crippen molar-refractivity contribution in [3.8, 4) is 18.2 Å². The Kier molecular flexibility index (Phi) is 3.01. The average Bonchev–Trinajstić information content (AvgIpc) is 2.05. The van der Waals surface area contributed by atoms with E-state index in [9.17, 15) is 4.79 Å². The summed E-state index contributed by atoms with van der Waals surface area (Å²) >= 11 is 0. The van der Waals surface area contributed by atoms with E-state index in [4.69, 9.17) is 21.2 Å². The van der Waals surface area contributed by atoms with Crippen LogP contribution < -0.4 is 0 Å². The molecule has 0 aliphatic heterocycles. The zero-order valence-electron chi connectivity index (χ0n) is 5.33. The molecule has 0 aliphatic rings. The highest BCUT2D eigenvalue weighted by Gasteiger charge is 2.19. The van der Waals surface area contributed by atoms with Crippen molar-refractivity contribution in [2.75, 3.05) is 0 Å². The van der Waals surface area contributed by atoms with E-state index >= 15 is 0 Å². The Labute approximate surface area is 62.6 Å². The number of nitrogens with zero attached hydrogens (tertiary/aromatic N) is 3. The van der Waals surface area contributed by atoms with Crippen LogP contribution >= 0.6 is 0 Å². The maximum absolute atomic E-state index is 10.4. The first-order valence-electron chi connectivity index (χ1n) is 2.49. The number of nitrogens with one attached hydrogen (secondary N) is 1. The molecule has 11 heavy (non-hydrogen) atoms. The number of rotatable bonds is 2. The van der Waals surface area contributed by atoms with Gasteiger partial charge >= 0.3 is 0 Å². The first kappa shape index (κ1) is 8.81. The Morgan fingerprint density at radius 3 is 2.00 bits per heavy atom. The van der Waals surface area contributed by atoms with Gasteiger partial charge in [-0.15, -0.1) is 0 Å². The third kappa shape index (κ3) is 1.89. The number of hydrogen-bond acceptors (Lipinski definition) is 5. The lowest BCUT2D eigenvalue weighted by Crippen LogP contribution is -2.18. The molecule has 0 bridgehead atoms. The van der Waals surface area contributed by atoms with Crippen LogP contribution in [0, 0.1) is 45.3 Å². The number of Topliss-reactive ketones (excluding diaryl/α,β-unsaturated/α-hetero) is 1. The van der Waals surface area contributed by atoms with E-state index in [1.165, 1.54) is 12.1 Å². The molecule has 52 valence electrons. The zero-order valence-corrected chi connectivity index (χ0v) is 5.33. The van der Waals surface area contributed by atoms with Gasteiger partial charge in [0.05, 0.1) is 12.1 Å². The van der Waals surface area contributed by atoms with Crippen molar-refractivity contribution in [3.05, 3.63) is 0 Å². The summed E-state index contributed by atoms with van der Waals surface area (Å²) in [6.07, 6.45) is 0. The van der Waals surface area contributed by atoms with Crippen molar-refractivity contribution in [3.63, 3.8) is 0 Å². The first-order valence-corrected chi connectivity index (χ1v) is 2.49. The standard InChI is InChI=1S/C6H2N4O/c7-1-4(2-8)6(10)5(11)3-9/h4,10H. The van der Waals surface area contributed by atoms with Crippen LogP contribution in [0.25, 0.3) is 0 Å². The molecule has 5 nitrogen and oxygen atoms in total. The summed E-state index contributed by atoms with van der Waals surface area (Å²) in [5.41, 5.74) is -0.766. The van der Waals surface area contributed by atoms with Crippen LogP contribution in [-0.2, 0) is 4.79 Å². The quantitative estimate of drug-likeness (QED) is 0.427. The van der Waals surface area contributed by atoms with Crippen molar-refractivity contribution in [1.29, 1.82) is 21.2 Å². The molecule has 0 spiro atoms. The normalized spacial score (nSPS) is 7.45. The zero-order chi connectivity index (χ0) is 8.85. The Morgan fingerprint density at radius 2 is 1.73 bits per heavy atom. The van der Waals surface area contributed by atoms with E-state index in [0.29, 0.717) is 0 Å². The van der Waals surface area contributed by atoms with Crippen molar-refractivity contribution >= 4 is 11.5 Å². The maximum Gasteiger partial charge on any atom is 0.278 e. The number of carbonyl (C=O) groups excluding carboxylic acids is 1. The van der Waals surface area contributed by atoms with Gasteiger partial charge in [-0.1, -0.05) is 0 Å². The molecule has 0 aromatic heterocycles. The van der Waals surface area contributed by atoms with Crippen molar-refractivity contribution in [1.82, 2.24) is 0 Å². The van der Waals surface area contributed by atoms with E-state index in [2.05, 4.69) is 0 Å². The molecular formula is C6H2N4O. The summed E-state index contributed by atoms with van der Waals surface area (Å²) in [5, 5.41) is 31.2. The van der Waals surface area contributed by atoms with Crippen molar-refractivity contribution in [2.24, 2.45) is 5.92 Å². The van der Waals surface area contributed by atoms with Gasteiger partial charge in [-0.2, -0.15) is 15.8 Å². The fraction of sp³-hybridized carbons (Fsp3) is 0.167. The average molecular weight is 146 g/mol. The molecule has 0 amide bonds. The van der Waals surface area contributed by atoms with Gasteiger partial charge in [0.1, 0.15) is 11.8 Å². The van der Waals surface area contributed by atoms with Crippen molar-refractivity contribution in [2.45, 2.75) is 0 Å². The van der Waals surface area contributed by atoms with Gasteiger partial charge in [-0.05, 0) is 0 Å². The third-order valence-electron chi connectivity index (χ3n) is 0.893. The second-order valence-electron chi connectivity index (χ2n) is 1.55. The molecule has 0 aromatic carbocycles. The first-order chi connectivity index (χ1) is 5.17. The van der Waals surface area contributed by atoms with Gasteiger partial charge in [-0.3, -0.25) is 10.2 Å². The van der Waals surface area contributed by atoms with Crippen LogP contribution in [0.5, 0.6) is 0 Å². The number of ketones is 1. The van der Waals surface area contributed by atoms with E-state index in [1.54, 1.807) is 0 Å². The second-order valence-corrected chi connectivity index (χ2v) is 1.55. The SMILES string of the molecule is N#CC(=O)C(=N)C(C#N)C#N. The minimum absolute atomic E-state index is 0.766. The monoisotopic (exact) mass is 146 g/mol. The fourth-order valence-corrected chi connectivity index (χ4v) is 0.349. The van der Waals surface area contributed by atoms with E-state index in [1.807, 2.05) is 0 Å². The molecule has 1 N–H and O–H groups in total. The lowest BCUT2D eigenvalue weighted by molar-refractivity contribution is -0.108. The predicted octanol–water partition coefficient (Wildman–Crippen LogP) is -0.238. The highest BCUT2D eigenvalue weighted by Crippen LogP contribution is 1.94. The van der Waals surface area contributed by atoms with Crippen LogP contribution in [0.2, 0.25) is 0 Å². The van der Waals surface area contributed by atoms with Gasteiger partial charge in [0.25, 0.3) is 5.78 Å². The molecular weight excluding hydrogens is 144 g/mol. The third-order valence-corrected chi connectivity index (χ3v) is 0.893. The summed E-state index contributed by atoms with van der Waals surface area (Å²) in [5.74, 6) is -2.57. The summed E-state index contributed by atoms with van der Waals surface area (Å²) in [4.78, 5) is 10.4. The fourth-order valence-electron chi connectivity index (χ4n) is 0.349. The molecule has 0 radical (unpaired) electrons. The van der Waals surface area contributed by atoms with Gasteiger partial charge in [0.2, 0.25) is 0 Å². The molecule has 0 saturated carbocycles. The maximum atomic E-state index is 10.4. The molecule has 0 saturated heterocycles. The molecule has 0 aromatic rings. The van der Waals surface area contributed by atoms with E-state index in [-0.39, 0.29) is 0 Å². The molecule has 0 fully saturated rings. The Bertz CT molecular complexity index is 297. The number of carbonyl (C=O) groups is 1. The predicted molar refractivity (Wildman–Crippen MR) is 33.1 cm³/mol. The molecule has 5 heteroatoms. The minimum Gasteiger partial charge on any atom is -0.298 e. The lowest BCUT2D eigenvalue weighted by atomic mass is 10.0. The van der Waals surface area contributed by atoms with Gasteiger partial charge in [0, 0.05) is 0 Å². The molecule has 0 atom stereocenters. The van der Waals surface area contributed by atoms with Crippen LogP contribution in [-0.4, -0.2) is 11.5 Å². The largest absolute Gasteiger partial charge is 0.298 e. The lowest BCUT2D eigenvalue weighted by Gasteiger charge is -1.92. The van der Waals surface area contributed by atoms with Crippen LogP contribution in [0.15, 0.2) is 0 Å². The van der Waals surface area contributed by atoms with Crippen LogP contribution in [0.4, 0.5) is 0 Å². The minimum atomic E-state index is -1.43. The Balaban J connectivity index is 4.57. The molecule has 0 rings (SSSR count). The Hall–Kier alpha value is -2.19. The van der Waals surface area contributed by atoms with E-state index in [0.717, 1.165) is 6.07 Å². The highest BCUT2D eigenvalue weighted by molar-refractivity contribution is 6.46. The van der Waals surface area contributed by atoms with E-state index < -0.39 is 17.4 Å². The summed E-state index contributed by atoms with van der Waals surface area (Å²) in [6, 6.07) is 3.97. The topological polar surface area (TPSA) is 112 Å². The molecule has 0 unspecified atom stereocenters. The summed E-state index contributed by atoms with van der Waals surface area (Å²) < 4.78 is 0. The van der Waals surface area contributed by atoms with Crippen LogP contribution in [0.1, 0.15) is 0 Å². The molecule has 0 aliphatic carbocycles. The summed E-state index contributed by atoms with van der Waals surface area (Å²) in [6.45, 7) is 0. The smallest absolute Gasteiger partial charge is 0.278 e. The van der Waals surface area contributed by atoms with Gasteiger partial charge < -0.3 is 0 Å². The van der Waals surface area contributed by atoms with Crippen molar-refractivity contribution < 1.29 is 4.79 Å². The van der Waals surface area contributed by atoms with Gasteiger partial charge in [0.15, 0.2) is 5.92 Å². The Morgan fingerprint density at radius 1 is 1.27 bits per heavy atom. The molecule has 0 heterocycles. The number of hydrogen-bond donors (Lipinski definition) is 1. The van der Waals surface area contributed by atoms with Gasteiger partial charge in [-0.25, -0.2) is 0 Å².